The number of hydrogen-bond acceptors (Lipinski definition) is 1. The van der Waals surface area contributed by atoms with Crippen molar-refractivity contribution in [3.05, 3.63) is 69.7 Å². The maximum absolute atomic E-state index is 6.09. The Bertz CT molecular complexity index is 650. The fourth-order valence-corrected chi connectivity index (χ4v) is 3.93. The summed E-state index contributed by atoms with van der Waals surface area (Å²) in [4.78, 5) is 0. The van der Waals surface area contributed by atoms with E-state index in [9.17, 15) is 0 Å². The van der Waals surface area contributed by atoms with Gasteiger partial charge in [-0.1, -0.05) is 41.9 Å². The van der Waals surface area contributed by atoms with Crippen molar-refractivity contribution in [3.8, 4) is 0 Å². The van der Waals surface area contributed by atoms with Crippen molar-refractivity contribution < 1.29 is 0 Å². The molecule has 0 radical (unpaired) electrons. The van der Waals surface area contributed by atoms with Gasteiger partial charge in [0.25, 0.3) is 0 Å². The first kappa shape index (κ1) is 12.4. The van der Waals surface area contributed by atoms with Crippen molar-refractivity contribution in [3.63, 3.8) is 0 Å². The van der Waals surface area contributed by atoms with Gasteiger partial charge in [-0.25, -0.2) is 0 Å². The molecule has 2 heteroatoms. The van der Waals surface area contributed by atoms with E-state index in [4.69, 9.17) is 11.6 Å². The third-order valence-corrected chi connectivity index (χ3v) is 4.95. The van der Waals surface area contributed by atoms with Gasteiger partial charge >= 0.3 is 0 Å². The number of hydrogen-bond donors (Lipinski definition) is 1. The van der Waals surface area contributed by atoms with Crippen molar-refractivity contribution >= 4 is 11.6 Å². The highest BCUT2D eigenvalue weighted by Crippen LogP contribution is 2.38. The largest absolute Gasteiger partial charge is 0.303 e. The maximum atomic E-state index is 6.09. The molecule has 2 atom stereocenters. The maximum Gasteiger partial charge on any atom is 0.0408 e. The van der Waals surface area contributed by atoms with Gasteiger partial charge in [-0.15, -0.1) is 0 Å². The third-order valence-electron chi connectivity index (χ3n) is 4.72. The zero-order valence-corrected chi connectivity index (χ0v) is 12.2. The fourth-order valence-electron chi connectivity index (χ4n) is 3.73. The van der Waals surface area contributed by atoms with E-state index in [1.165, 1.54) is 41.5 Å². The van der Waals surface area contributed by atoms with Crippen LogP contribution in [0.3, 0.4) is 0 Å². The molecule has 2 aromatic rings. The average Bonchev–Trinajstić information content (AvgIpc) is 3.04. The molecular formula is C18H18ClN. The zero-order valence-electron chi connectivity index (χ0n) is 11.4. The highest BCUT2D eigenvalue weighted by Gasteiger charge is 2.28. The van der Waals surface area contributed by atoms with Gasteiger partial charge in [-0.05, 0) is 60.1 Å². The van der Waals surface area contributed by atoms with Crippen LogP contribution in [0.4, 0.5) is 0 Å². The molecule has 0 saturated heterocycles. The van der Waals surface area contributed by atoms with Gasteiger partial charge in [0.15, 0.2) is 0 Å². The van der Waals surface area contributed by atoms with Crippen LogP contribution in [0.5, 0.6) is 0 Å². The zero-order chi connectivity index (χ0) is 13.5. The van der Waals surface area contributed by atoms with Gasteiger partial charge in [0.05, 0.1) is 0 Å². The standard InChI is InChI=1S/C18H18ClN/c19-14-7-8-16-13(11-14)6-10-18(16)20-17-9-5-12-3-1-2-4-15(12)17/h1-4,7-8,11,17-18,20H,5-6,9-10H2. The van der Waals surface area contributed by atoms with Crippen LogP contribution in [0.1, 0.15) is 47.2 Å². The molecule has 2 aliphatic carbocycles. The molecular weight excluding hydrogens is 266 g/mol. The fraction of sp³-hybridized carbons (Fsp3) is 0.333. The average molecular weight is 284 g/mol. The second-order valence-electron chi connectivity index (χ2n) is 5.89. The van der Waals surface area contributed by atoms with E-state index >= 15 is 0 Å². The predicted molar refractivity (Wildman–Crippen MR) is 83.2 cm³/mol. The van der Waals surface area contributed by atoms with E-state index in [1.807, 2.05) is 6.07 Å². The highest BCUT2D eigenvalue weighted by atomic mass is 35.5. The molecule has 0 aliphatic heterocycles. The molecule has 102 valence electrons. The predicted octanol–water partition coefficient (Wildman–Crippen LogP) is 4.60. The Morgan fingerprint density at radius 2 is 1.55 bits per heavy atom. The lowest BCUT2D eigenvalue weighted by Gasteiger charge is -2.21. The molecule has 2 aromatic carbocycles. The van der Waals surface area contributed by atoms with Crippen LogP contribution in [0.2, 0.25) is 5.02 Å². The van der Waals surface area contributed by atoms with Crippen LogP contribution in [-0.2, 0) is 12.8 Å². The second-order valence-corrected chi connectivity index (χ2v) is 6.33. The highest BCUT2D eigenvalue weighted by molar-refractivity contribution is 6.30. The van der Waals surface area contributed by atoms with E-state index in [0.717, 1.165) is 11.4 Å². The molecule has 0 heterocycles. The van der Waals surface area contributed by atoms with Gasteiger partial charge in [0.2, 0.25) is 0 Å². The molecule has 0 aromatic heterocycles. The van der Waals surface area contributed by atoms with Gasteiger partial charge in [-0.3, -0.25) is 0 Å². The first-order valence-corrected chi connectivity index (χ1v) is 7.81. The van der Waals surface area contributed by atoms with E-state index in [1.54, 1.807) is 0 Å². The van der Waals surface area contributed by atoms with Crippen molar-refractivity contribution in [2.75, 3.05) is 0 Å². The molecule has 0 bridgehead atoms. The molecule has 0 saturated carbocycles. The van der Waals surface area contributed by atoms with Crippen LogP contribution < -0.4 is 5.32 Å². The van der Waals surface area contributed by atoms with Crippen LogP contribution in [0.25, 0.3) is 0 Å². The van der Waals surface area contributed by atoms with E-state index in [-0.39, 0.29) is 0 Å². The molecule has 1 nitrogen and oxygen atoms in total. The monoisotopic (exact) mass is 283 g/mol. The normalized spacial score (nSPS) is 23.6. The number of rotatable bonds is 2. The Balaban J connectivity index is 1.58. The van der Waals surface area contributed by atoms with Gasteiger partial charge in [-0.2, -0.15) is 0 Å². The molecule has 0 fully saturated rings. The third kappa shape index (κ3) is 2.06. The van der Waals surface area contributed by atoms with Crippen molar-refractivity contribution in [1.29, 1.82) is 0 Å². The van der Waals surface area contributed by atoms with E-state index in [0.29, 0.717) is 12.1 Å². The second kappa shape index (κ2) is 4.91. The lowest BCUT2D eigenvalue weighted by atomic mass is 10.0. The number of fused-ring (bicyclic) bond motifs is 2. The van der Waals surface area contributed by atoms with Crippen LogP contribution in [0, 0.1) is 0 Å². The summed E-state index contributed by atoms with van der Waals surface area (Å²) in [5.74, 6) is 0. The van der Waals surface area contributed by atoms with E-state index < -0.39 is 0 Å². The first-order chi connectivity index (χ1) is 9.81. The minimum atomic E-state index is 0.485. The molecule has 0 amide bonds. The van der Waals surface area contributed by atoms with Gasteiger partial charge in [0.1, 0.15) is 0 Å². The molecule has 2 aliphatic rings. The summed E-state index contributed by atoms with van der Waals surface area (Å²) >= 11 is 6.09. The summed E-state index contributed by atoms with van der Waals surface area (Å²) in [7, 11) is 0. The Hall–Kier alpha value is -1.31. The Morgan fingerprint density at radius 1 is 0.850 bits per heavy atom. The topological polar surface area (TPSA) is 12.0 Å². The minimum absolute atomic E-state index is 0.485. The number of nitrogens with one attached hydrogen (secondary N) is 1. The smallest absolute Gasteiger partial charge is 0.0408 e. The number of aryl methyl sites for hydroxylation is 2. The number of halogens is 1. The van der Waals surface area contributed by atoms with Crippen molar-refractivity contribution in [2.45, 2.75) is 37.8 Å². The van der Waals surface area contributed by atoms with Gasteiger partial charge in [0, 0.05) is 17.1 Å². The van der Waals surface area contributed by atoms with Crippen LogP contribution in [0.15, 0.2) is 42.5 Å². The quantitative estimate of drug-likeness (QED) is 0.849. The van der Waals surface area contributed by atoms with Gasteiger partial charge < -0.3 is 5.32 Å². The molecule has 0 spiro atoms. The summed E-state index contributed by atoms with van der Waals surface area (Å²) < 4.78 is 0. The summed E-state index contributed by atoms with van der Waals surface area (Å²) in [5.41, 5.74) is 5.87. The molecule has 1 N–H and O–H groups in total. The lowest BCUT2D eigenvalue weighted by Crippen LogP contribution is -2.23. The Labute approximate surface area is 125 Å². The summed E-state index contributed by atoms with van der Waals surface area (Å²) in [5, 5.41) is 4.72. The van der Waals surface area contributed by atoms with Crippen LogP contribution in [-0.4, -0.2) is 0 Å². The van der Waals surface area contributed by atoms with Crippen LogP contribution >= 0.6 is 11.6 Å². The summed E-state index contributed by atoms with van der Waals surface area (Å²) in [6.07, 6.45) is 4.75. The minimum Gasteiger partial charge on any atom is -0.303 e. The van der Waals surface area contributed by atoms with Crippen molar-refractivity contribution in [1.82, 2.24) is 5.32 Å². The summed E-state index contributed by atoms with van der Waals surface area (Å²) in [6, 6.07) is 16.2. The Kier molecular flexibility index (Phi) is 3.05. The lowest BCUT2D eigenvalue weighted by molar-refractivity contribution is 0.440. The summed E-state index contributed by atoms with van der Waals surface area (Å²) in [6.45, 7) is 0. The SMILES string of the molecule is Clc1ccc2c(c1)CCC2NC1CCc2ccccc21. The van der Waals surface area contributed by atoms with Crippen molar-refractivity contribution in [2.24, 2.45) is 0 Å². The number of benzene rings is 2. The first-order valence-electron chi connectivity index (χ1n) is 7.43. The molecule has 2 unspecified atom stereocenters. The Morgan fingerprint density at radius 3 is 2.40 bits per heavy atom. The van der Waals surface area contributed by atoms with E-state index in [2.05, 4.69) is 41.7 Å². The molecule has 4 rings (SSSR count). The molecule has 20 heavy (non-hydrogen) atoms.